The van der Waals surface area contributed by atoms with Gasteiger partial charge in [0.15, 0.2) is 0 Å². The third-order valence-corrected chi connectivity index (χ3v) is 0. The molecule has 6 heteroatoms. The summed E-state index contributed by atoms with van der Waals surface area (Å²) in [6.07, 6.45) is 0. The molecule has 0 aliphatic rings. The standard InChI is InChI=1S/Ce.Fe.K.3O/q+3;+2;+1;3*-2. The Balaban J connectivity index is 0. The van der Waals surface area contributed by atoms with Crippen molar-refractivity contribution in [1.29, 1.82) is 0 Å². The van der Waals surface area contributed by atoms with Crippen molar-refractivity contribution in [3.05, 3.63) is 0 Å². The van der Waals surface area contributed by atoms with Gasteiger partial charge in [-0.3, -0.25) is 0 Å². The van der Waals surface area contributed by atoms with E-state index in [9.17, 15) is 0 Å². The van der Waals surface area contributed by atoms with Crippen molar-refractivity contribution in [2.75, 3.05) is 0 Å². The topological polar surface area (TPSA) is 85.5 Å². The Morgan fingerprint density at radius 2 is 0.667 bits per heavy atom. The molecule has 0 heterocycles. The molecule has 6 heavy (non-hydrogen) atoms. The van der Waals surface area contributed by atoms with Gasteiger partial charge in [0, 0.05) is 0 Å². The van der Waals surface area contributed by atoms with Crippen LogP contribution in [0.15, 0.2) is 0 Å². The van der Waals surface area contributed by atoms with Crippen LogP contribution in [0.1, 0.15) is 0 Å². The molecule has 0 N–H and O–H groups in total. The summed E-state index contributed by atoms with van der Waals surface area (Å²) in [4.78, 5) is 0. The van der Waals surface area contributed by atoms with Crippen molar-refractivity contribution in [2.45, 2.75) is 0 Å². The van der Waals surface area contributed by atoms with Gasteiger partial charge in [0.25, 0.3) is 0 Å². The van der Waals surface area contributed by atoms with Crippen LogP contribution in [0.4, 0.5) is 0 Å². The third kappa shape index (κ3) is 26.2. The van der Waals surface area contributed by atoms with E-state index in [2.05, 4.69) is 0 Å². The zero-order valence-corrected chi connectivity index (χ0v) is 10.4. The summed E-state index contributed by atoms with van der Waals surface area (Å²) < 4.78 is 0. The van der Waals surface area contributed by atoms with Gasteiger partial charge in [0.2, 0.25) is 0 Å². The van der Waals surface area contributed by atoms with Crippen LogP contribution in [0.3, 0.4) is 0 Å². The molecule has 0 aromatic carbocycles. The second kappa shape index (κ2) is 39.7. The molecule has 0 aromatic rings. The first-order chi connectivity index (χ1) is 0. The van der Waals surface area contributed by atoms with Crippen molar-refractivity contribution in [3.63, 3.8) is 0 Å². The molecule has 0 aliphatic heterocycles. The maximum Gasteiger partial charge on any atom is 3.00 e. The van der Waals surface area contributed by atoms with Gasteiger partial charge in [0.05, 0.1) is 0 Å². The number of rotatable bonds is 0. The molecule has 0 aromatic heterocycles. The van der Waals surface area contributed by atoms with Gasteiger partial charge in [-0.25, -0.2) is 0 Å². The van der Waals surface area contributed by atoms with Crippen LogP contribution >= 0.6 is 0 Å². The van der Waals surface area contributed by atoms with Gasteiger partial charge in [0.1, 0.15) is 0 Å². The molecule has 1 radical (unpaired) electrons. The third-order valence-electron chi connectivity index (χ3n) is 0. The van der Waals surface area contributed by atoms with Crippen LogP contribution in [-0.2, 0) is 33.5 Å². The van der Waals surface area contributed by atoms with Gasteiger partial charge in [-0.2, -0.15) is 0 Å². The van der Waals surface area contributed by atoms with E-state index in [4.69, 9.17) is 0 Å². The Labute approximate surface area is 123 Å². The predicted octanol–water partition coefficient (Wildman–Crippen LogP) is -3.35. The summed E-state index contributed by atoms with van der Waals surface area (Å²) in [5.74, 6) is 0. The minimum Gasteiger partial charge on any atom is -2.00 e. The molecule has 0 amide bonds. The smallest absolute Gasteiger partial charge is 2.00 e. The maximum absolute atomic E-state index is 0. The van der Waals surface area contributed by atoms with E-state index in [1.807, 2.05) is 0 Å². The molecule has 0 saturated carbocycles. The molecule has 0 atom stereocenters. The quantitative estimate of drug-likeness (QED) is 0.416. The van der Waals surface area contributed by atoms with E-state index in [1.54, 1.807) is 0 Å². The fourth-order valence-electron chi connectivity index (χ4n) is 0. The van der Waals surface area contributed by atoms with Gasteiger partial charge >= 0.3 is 110 Å². The van der Waals surface area contributed by atoms with Crippen molar-refractivity contribution >= 4 is 0 Å². The zero-order valence-electron chi connectivity index (χ0n) is 3.08. The summed E-state index contributed by atoms with van der Waals surface area (Å²) in [7, 11) is 0. The molecule has 0 unspecified atom stereocenters. The van der Waals surface area contributed by atoms with Gasteiger partial charge in [-0.1, -0.05) is 0 Å². The molecule has 0 aliphatic carbocycles. The maximum atomic E-state index is 0. The van der Waals surface area contributed by atoms with Crippen LogP contribution in [0.5, 0.6) is 0 Å². The molecular weight excluding hydrogens is 283 g/mol. The molecular formula is CeFeKO3. The second-order valence-corrected chi connectivity index (χ2v) is 0. The van der Waals surface area contributed by atoms with E-state index < -0.39 is 0 Å². The number of hydrogen-bond donors (Lipinski definition) is 0. The average molecular weight is 283 g/mol. The summed E-state index contributed by atoms with van der Waals surface area (Å²) in [5.41, 5.74) is 0. The Hall–Kier alpha value is 3.41. The largest absolute Gasteiger partial charge is 3.00 e. The summed E-state index contributed by atoms with van der Waals surface area (Å²) in [6, 6.07) is 0. The van der Waals surface area contributed by atoms with Gasteiger partial charge in [-0.05, 0) is 0 Å². The van der Waals surface area contributed by atoms with Crippen LogP contribution in [0, 0.1) is 41.7 Å². The molecule has 0 spiro atoms. The Morgan fingerprint density at radius 1 is 0.667 bits per heavy atom. The number of hydrogen-bond acceptors (Lipinski definition) is 0. The van der Waals surface area contributed by atoms with Crippen LogP contribution in [-0.4, -0.2) is 0 Å². The first-order valence-corrected chi connectivity index (χ1v) is 0. The van der Waals surface area contributed by atoms with E-state index in [0.717, 1.165) is 0 Å². The van der Waals surface area contributed by atoms with Gasteiger partial charge < -0.3 is 16.4 Å². The molecule has 0 fully saturated rings. The predicted molar refractivity (Wildman–Crippen MR) is 2.06 cm³/mol. The van der Waals surface area contributed by atoms with Crippen LogP contribution in [0.2, 0.25) is 0 Å². The van der Waals surface area contributed by atoms with E-state index in [0.29, 0.717) is 0 Å². The Kier molecular flexibility index (Phi) is 378. The average Bonchev–Trinajstić information content (AvgIpc) is 0. The van der Waals surface area contributed by atoms with Crippen molar-refractivity contribution in [1.82, 2.24) is 0 Å². The molecule has 0 bridgehead atoms. The second-order valence-electron chi connectivity index (χ2n) is 0. The van der Waals surface area contributed by atoms with Crippen molar-refractivity contribution in [3.8, 4) is 0 Å². The zero-order chi connectivity index (χ0) is 0. The van der Waals surface area contributed by atoms with E-state index >= 15 is 0 Å². The first kappa shape index (κ1) is 57.2. The Bertz CT molecular complexity index is 10.8. The fraction of sp³-hybridized carbons (Fsp3) is 0. The van der Waals surface area contributed by atoms with Crippen molar-refractivity contribution in [2.24, 2.45) is 0 Å². The molecule has 0 rings (SSSR count). The van der Waals surface area contributed by atoms with E-state index in [1.165, 1.54) is 0 Å². The van der Waals surface area contributed by atoms with Gasteiger partial charge in [-0.15, -0.1) is 0 Å². The monoisotopic (exact) mass is 283 g/mol. The van der Waals surface area contributed by atoms with E-state index in [-0.39, 0.29) is 127 Å². The van der Waals surface area contributed by atoms with Crippen LogP contribution < -0.4 is 51.4 Å². The fourth-order valence-corrected chi connectivity index (χ4v) is 0. The minimum absolute atomic E-state index is 0. The minimum atomic E-state index is 0. The van der Waals surface area contributed by atoms with Crippen molar-refractivity contribution < 1.29 is 127 Å². The molecule has 31 valence electrons. The summed E-state index contributed by atoms with van der Waals surface area (Å²) >= 11 is 0. The molecule has 0 saturated heterocycles. The Morgan fingerprint density at radius 3 is 0.667 bits per heavy atom. The normalized spacial score (nSPS) is 0. The SMILES string of the molecule is [Ce+3].[Fe+2].[K+].[O-2].[O-2].[O-2]. The molecule has 3 nitrogen and oxygen atoms in total. The summed E-state index contributed by atoms with van der Waals surface area (Å²) in [6.45, 7) is 0. The first-order valence-electron chi connectivity index (χ1n) is 0. The summed E-state index contributed by atoms with van der Waals surface area (Å²) in [5, 5.41) is 0. The van der Waals surface area contributed by atoms with Crippen LogP contribution in [0.25, 0.3) is 0 Å².